The van der Waals surface area contributed by atoms with Crippen LogP contribution in [0.1, 0.15) is 29.6 Å². The summed E-state index contributed by atoms with van der Waals surface area (Å²) < 4.78 is 40.1. The molecule has 1 aliphatic rings. The van der Waals surface area contributed by atoms with E-state index >= 15 is 0 Å². The number of aliphatic carboxylic acids is 1. The minimum Gasteiger partial charge on any atom is -0.480 e. The van der Waals surface area contributed by atoms with E-state index < -0.39 is 34.9 Å². The molecule has 1 atom stereocenters. The van der Waals surface area contributed by atoms with Crippen molar-refractivity contribution in [2.24, 2.45) is 0 Å². The molecule has 2 rings (SSSR count). The van der Waals surface area contributed by atoms with Gasteiger partial charge in [-0.25, -0.2) is 13.2 Å². The Labute approximate surface area is 137 Å². The summed E-state index contributed by atoms with van der Waals surface area (Å²) in [6.07, 6.45) is 1.85. The van der Waals surface area contributed by atoms with Crippen LogP contribution in [-0.4, -0.2) is 59.5 Å². The van der Waals surface area contributed by atoms with Gasteiger partial charge in [-0.3, -0.25) is 14.5 Å². The number of carboxylic acids is 1. The third-order valence-corrected chi connectivity index (χ3v) is 4.26. The molecule has 1 aromatic carbocycles. The van der Waals surface area contributed by atoms with Crippen molar-refractivity contribution in [3.63, 3.8) is 0 Å². The Kier molecular flexibility index (Phi) is 5.82. The van der Waals surface area contributed by atoms with Crippen LogP contribution in [0.5, 0.6) is 0 Å². The van der Waals surface area contributed by atoms with Crippen LogP contribution in [0.25, 0.3) is 0 Å². The third kappa shape index (κ3) is 4.05. The zero-order chi connectivity index (χ0) is 17.9. The minimum absolute atomic E-state index is 0.00583. The quantitative estimate of drug-likeness (QED) is 0.850. The lowest BCUT2D eigenvalue weighted by Crippen LogP contribution is -2.37. The Balaban J connectivity index is 2.07. The van der Waals surface area contributed by atoms with Gasteiger partial charge < -0.3 is 10.0 Å². The summed E-state index contributed by atoms with van der Waals surface area (Å²) in [4.78, 5) is 26.3. The summed E-state index contributed by atoms with van der Waals surface area (Å²) in [6, 6.07) is 1.66. The Hall–Kier alpha value is -2.09. The SMILES string of the molecule is CN(CC(=O)O)C1CCCN(C(=O)c2ccc(F)c(F)c2F)CC1. The van der Waals surface area contributed by atoms with E-state index in [1.807, 2.05) is 0 Å². The van der Waals surface area contributed by atoms with E-state index in [9.17, 15) is 22.8 Å². The van der Waals surface area contributed by atoms with E-state index in [0.717, 1.165) is 12.1 Å². The van der Waals surface area contributed by atoms with E-state index in [2.05, 4.69) is 0 Å². The first-order chi connectivity index (χ1) is 11.3. The van der Waals surface area contributed by atoms with Crippen molar-refractivity contribution in [2.45, 2.75) is 25.3 Å². The second-order valence-corrected chi connectivity index (χ2v) is 5.91. The fourth-order valence-electron chi connectivity index (χ4n) is 2.93. The molecule has 0 bridgehead atoms. The molecule has 1 aromatic rings. The number of amides is 1. The molecule has 1 heterocycles. The van der Waals surface area contributed by atoms with Gasteiger partial charge in [-0.2, -0.15) is 0 Å². The van der Waals surface area contributed by atoms with Crippen LogP contribution in [0.15, 0.2) is 12.1 Å². The molecular weight excluding hydrogens is 325 g/mol. The summed E-state index contributed by atoms with van der Waals surface area (Å²) in [7, 11) is 1.70. The number of carbonyl (C=O) groups is 2. The van der Waals surface area contributed by atoms with Gasteiger partial charge >= 0.3 is 5.97 Å². The Morgan fingerprint density at radius 2 is 1.92 bits per heavy atom. The van der Waals surface area contributed by atoms with Crippen LogP contribution in [0.2, 0.25) is 0 Å². The number of halogens is 3. The molecule has 1 saturated heterocycles. The van der Waals surface area contributed by atoms with E-state index in [4.69, 9.17) is 5.11 Å². The highest BCUT2D eigenvalue weighted by atomic mass is 19.2. The molecule has 24 heavy (non-hydrogen) atoms. The highest BCUT2D eigenvalue weighted by Gasteiger charge is 2.27. The first kappa shape index (κ1) is 18.3. The van der Waals surface area contributed by atoms with Gasteiger partial charge in [0.05, 0.1) is 12.1 Å². The zero-order valence-electron chi connectivity index (χ0n) is 13.3. The number of benzene rings is 1. The van der Waals surface area contributed by atoms with Gasteiger partial charge in [-0.15, -0.1) is 0 Å². The van der Waals surface area contributed by atoms with Crippen LogP contribution >= 0.6 is 0 Å². The first-order valence-corrected chi connectivity index (χ1v) is 7.66. The summed E-state index contributed by atoms with van der Waals surface area (Å²) in [6.45, 7) is 0.553. The smallest absolute Gasteiger partial charge is 0.317 e. The van der Waals surface area contributed by atoms with E-state index in [1.165, 1.54) is 4.90 Å². The summed E-state index contributed by atoms with van der Waals surface area (Å²) >= 11 is 0. The molecule has 0 aromatic heterocycles. The normalized spacial score (nSPS) is 18.5. The maximum absolute atomic E-state index is 13.8. The summed E-state index contributed by atoms with van der Waals surface area (Å²) in [5.41, 5.74) is -0.494. The summed E-state index contributed by atoms with van der Waals surface area (Å²) in [5, 5.41) is 8.84. The highest BCUT2D eigenvalue weighted by molar-refractivity contribution is 5.94. The lowest BCUT2D eigenvalue weighted by atomic mass is 10.1. The number of nitrogens with zero attached hydrogens (tertiary/aromatic N) is 2. The van der Waals surface area contributed by atoms with Crippen LogP contribution in [0.3, 0.4) is 0 Å². The lowest BCUT2D eigenvalue weighted by Gasteiger charge is -2.25. The number of hydrogen-bond donors (Lipinski definition) is 1. The highest BCUT2D eigenvalue weighted by Crippen LogP contribution is 2.21. The average Bonchev–Trinajstić information content (AvgIpc) is 2.77. The molecular formula is C16H19F3N2O3. The Bertz CT molecular complexity index is 639. The topological polar surface area (TPSA) is 60.9 Å². The molecule has 0 radical (unpaired) electrons. The van der Waals surface area contributed by atoms with Crippen molar-refractivity contribution in [1.82, 2.24) is 9.80 Å². The van der Waals surface area contributed by atoms with Crippen LogP contribution in [0, 0.1) is 17.5 Å². The number of carboxylic acid groups (broad SMARTS) is 1. The molecule has 0 aliphatic carbocycles. The summed E-state index contributed by atoms with van der Waals surface area (Å²) in [5.74, 6) is -6.10. The monoisotopic (exact) mass is 344 g/mol. The van der Waals surface area contributed by atoms with Gasteiger partial charge in [-0.1, -0.05) is 0 Å². The minimum atomic E-state index is -1.66. The van der Waals surface area contributed by atoms with Crippen LogP contribution in [-0.2, 0) is 4.79 Å². The molecule has 132 valence electrons. The van der Waals surface area contributed by atoms with Gasteiger partial charge in [0.2, 0.25) is 0 Å². The molecule has 8 heteroatoms. The van der Waals surface area contributed by atoms with E-state index in [0.29, 0.717) is 32.4 Å². The number of hydrogen-bond acceptors (Lipinski definition) is 3. The van der Waals surface area contributed by atoms with Crippen molar-refractivity contribution in [3.8, 4) is 0 Å². The van der Waals surface area contributed by atoms with Gasteiger partial charge in [0, 0.05) is 19.1 Å². The number of likely N-dealkylation sites (tertiary alicyclic amines) is 1. The van der Waals surface area contributed by atoms with Crippen molar-refractivity contribution in [1.29, 1.82) is 0 Å². The maximum Gasteiger partial charge on any atom is 0.317 e. The van der Waals surface area contributed by atoms with Crippen LogP contribution in [0.4, 0.5) is 13.2 Å². The van der Waals surface area contributed by atoms with Crippen LogP contribution < -0.4 is 0 Å². The van der Waals surface area contributed by atoms with Crippen molar-refractivity contribution < 1.29 is 27.9 Å². The Morgan fingerprint density at radius 1 is 1.21 bits per heavy atom. The largest absolute Gasteiger partial charge is 0.480 e. The molecule has 0 saturated carbocycles. The molecule has 1 N–H and O–H groups in total. The third-order valence-electron chi connectivity index (χ3n) is 4.26. The molecule has 1 aliphatic heterocycles. The van der Waals surface area contributed by atoms with Gasteiger partial charge in [0.25, 0.3) is 5.91 Å². The number of rotatable bonds is 4. The van der Waals surface area contributed by atoms with Crippen molar-refractivity contribution in [2.75, 3.05) is 26.7 Å². The number of likely N-dealkylation sites (N-methyl/N-ethyl adjacent to an activating group) is 1. The first-order valence-electron chi connectivity index (χ1n) is 7.66. The van der Waals surface area contributed by atoms with Crippen molar-refractivity contribution >= 4 is 11.9 Å². The molecule has 1 unspecified atom stereocenters. The number of carbonyl (C=O) groups excluding carboxylic acids is 1. The molecule has 0 spiro atoms. The fourth-order valence-corrected chi connectivity index (χ4v) is 2.93. The van der Waals surface area contributed by atoms with Gasteiger partial charge in [-0.05, 0) is 38.4 Å². The average molecular weight is 344 g/mol. The standard InChI is InChI=1S/C16H19F3N2O3/c1-20(9-13(22)23)10-3-2-7-21(8-6-10)16(24)11-4-5-12(17)15(19)14(11)18/h4-5,10H,2-3,6-9H2,1H3,(H,22,23). The second-order valence-electron chi connectivity index (χ2n) is 5.91. The lowest BCUT2D eigenvalue weighted by molar-refractivity contribution is -0.138. The zero-order valence-corrected chi connectivity index (χ0v) is 13.3. The molecule has 1 amide bonds. The van der Waals surface area contributed by atoms with Gasteiger partial charge in [0.1, 0.15) is 0 Å². The predicted molar refractivity (Wildman–Crippen MR) is 80.1 cm³/mol. The molecule has 5 nitrogen and oxygen atoms in total. The fraction of sp³-hybridized carbons (Fsp3) is 0.500. The predicted octanol–water partition coefficient (Wildman–Crippen LogP) is 2.12. The maximum atomic E-state index is 13.8. The van der Waals surface area contributed by atoms with Gasteiger partial charge in [0.15, 0.2) is 17.5 Å². The Morgan fingerprint density at radius 3 is 2.58 bits per heavy atom. The van der Waals surface area contributed by atoms with Crippen molar-refractivity contribution in [3.05, 3.63) is 35.1 Å². The van der Waals surface area contributed by atoms with E-state index in [-0.39, 0.29) is 12.6 Å². The molecule has 1 fully saturated rings. The second kappa shape index (κ2) is 7.65. The van der Waals surface area contributed by atoms with E-state index in [1.54, 1.807) is 11.9 Å².